The number of aliphatic hydroxyl groups is 1. The first-order chi connectivity index (χ1) is 13.7. The molecule has 3 aliphatic heterocycles. The molecule has 1 amide bonds. The molecule has 154 valence electrons. The summed E-state index contributed by atoms with van der Waals surface area (Å²) in [7, 11) is 0. The predicted molar refractivity (Wildman–Crippen MR) is 111 cm³/mol. The van der Waals surface area contributed by atoms with E-state index in [0.717, 1.165) is 64.6 Å². The standard InChI is InChI=1S/C22H34N4O2/c27-15-14-23-10-12-25(13-11-23)20-6-8-24(9-7-20)17-19-16-22(28)26(18-19)21-4-2-1-3-5-21/h1-5,19-20,27H,6-18H2/t19-/m0/s1. The molecule has 3 saturated heterocycles. The van der Waals surface area contributed by atoms with E-state index in [-0.39, 0.29) is 12.5 Å². The predicted octanol–water partition coefficient (Wildman–Crippen LogP) is 1.11. The van der Waals surface area contributed by atoms with E-state index in [9.17, 15) is 4.79 Å². The highest BCUT2D eigenvalue weighted by atomic mass is 16.3. The maximum Gasteiger partial charge on any atom is 0.227 e. The molecule has 0 saturated carbocycles. The average Bonchev–Trinajstić information content (AvgIpc) is 3.10. The van der Waals surface area contributed by atoms with E-state index < -0.39 is 0 Å². The number of carbonyl (C=O) groups excluding carboxylic acids is 1. The van der Waals surface area contributed by atoms with Gasteiger partial charge in [-0.05, 0) is 44.0 Å². The van der Waals surface area contributed by atoms with Crippen LogP contribution in [0.25, 0.3) is 0 Å². The Morgan fingerprint density at radius 3 is 2.32 bits per heavy atom. The molecular formula is C22H34N4O2. The van der Waals surface area contributed by atoms with Crippen LogP contribution in [0.2, 0.25) is 0 Å². The van der Waals surface area contributed by atoms with Gasteiger partial charge in [0.15, 0.2) is 0 Å². The molecule has 0 aliphatic carbocycles. The molecule has 1 N–H and O–H groups in total. The number of benzene rings is 1. The number of para-hydroxylation sites is 1. The van der Waals surface area contributed by atoms with Crippen LogP contribution in [0.15, 0.2) is 30.3 Å². The molecule has 0 unspecified atom stereocenters. The van der Waals surface area contributed by atoms with Gasteiger partial charge in [-0.25, -0.2) is 0 Å². The summed E-state index contributed by atoms with van der Waals surface area (Å²) < 4.78 is 0. The number of β-amino-alcohol motifs (C(OH)–C–C–N with tert-alkyl or cyclic N) is 1. The lowest BCUT2D eigenvalue weighted by Gasteiger charge is -2.43. The van der Waals surface area contributed by atoms with Crippen LogP contribution in [0.3, 0.4) is 0 Å². The van der Waals surface area contributed by atoms with Gasteiger partial charge in [-0.3, -0.25) is 14.6 Å². The van der Waals surface area contributed by atoms with Crippen LogP contribution in [-0.4, -0.2) is 97.3 Å². The minimum absolute atomic E-state index is 0.268. The molecule has 0 spiro atoms. The van der Waals surface area contributed by atoms with Crippen molar-refractivity contribution >= 4 is 11.6 Å². The number of likely N-dealkylation sites (tertiary alicyclic amines) is 1. The van der Waals surface area contributed by atoms with Gasteiger partial charge in [-0.1, -0.05) is 18.2 Å². The zero-order chi connectivity index (χ0) is 19.3. The maximum atomic E-state index is 12.4. The lowest BCUT2D eigenvalue weighted by atomic mass is 10.00. The molecule has 3 fully saturated rings. The Labute approximate surface area is 168 Å². The zero-order valence-electron chi connectivity index (χ0n) is 16.9. The number of amides is 1. The first kappa shape index (κ1) is 19.8. The number of aliphatic hydroxyl groups excluding tert-OH is 1. The minimum atomic E-state index is 0.268. The molecule has 6 nitrogen and oxygen atoms in total. The molecule has 1 aromatic carbocycles. The van der Waals surface area contributed by atoms with Crippen molar-refractivity contribution in [1.29, 1.82) is 0 Å². The highest BCUT2D eigenvalue weighted by molar-refractivity contribution is 5.95. The Kier molecular flexibility index (Phi) is 6.62. The summed E-state index contributed by atoms with van der Waals surface area (Å²) in [6, 6.07) is 10.8. The number of piperazine rings is 1. The van der Waals surface area contributed by atoms with Gasteiger partial charge in [0, 0.05) is 64.0 Å². The van der Waals surface area contributed by atoms with Gasteiger partial charge in [0.2, 0.25) is 5.91 Å². The molecular weight excluding hydrogens is 352 g/mol. The third-order valence-electron chi connectivity index (χ3n) is 6.69. The summed E-state index contributed by atoms with van der Waals surface area (Å²) in [5, 5.41) is 9.09. The van der Waals surface area contributed by atoms with Gasteiger partial charge in [-0.2, -0.15) is 0 Å². The fourth-order valence-electron chi connectivity index (χ4n) is 5.09. The Balaban J connectivity index is 1.21. The van der Waals surface area contributed by atoms with E-state index in [1.807, 2.05) is 35.2 Å². The molecule has 3 aliphatic rings. The van der Waals surface area contributed by atoms with Crippen LogP contribution >= 0.6 is 0 Å². The second kappa shape index (κ2) is 9.35. The van der Waals surface area contributed by atoms with E-state index in [1.165, 1.54) is 12.8 Å². The molecule has 1 aromatic rings. The normalized spacial score (nSPS) is 26.2. The number of rotatable bonds is 6. The third-order valence-corrected chi connectivity index (χ3v) is 6.69. The summed E-state index contributed by atoms with van der Waals surface area (Å²) in [5.74, 6) is 0.720. The van der Waals surface area contributed by atoms with Gasteiger partial charge in [0.05, 0.1) is 6.61 Å². The summed E-state index contributed by atoms with van der Waals surface area (Å²) in [5.41, 5.74) is 1.04. The van der Waals surface area contributed by atoms with Crippen molar-refractivity contribution in [3.05, 3.63) is 30.3 Å². The zero-order valence-corrected chi connectivity index (χ0v) is 16.9. The van der Waals surface area contributed by atoms with Crippen LogP contribution in [0.1, 0.15) is 19.3 Å². The monoisotopic (exact) mass is 386 g/mol. The molecule has 0 bridgehead atoms. The molecule has 0 aromatic heterocycles. The number of anilines is 1. The summed E-state index contributed by atoms with van der Waals surface area (Å²) >= 11 is 0. The van der Waals surface area contributed by atoms with Crippen molar-refractivity contribution in [2.45, 2.75) is 25.3 Å². The van der Waals surface area contributed by atoms with Crippen molar-refractivity contribution in [3.63, 3.8) is 0 Å². The molecule has 1 atom stereocenters. The lowest BCUT2D eigenvalue weighted by molar-refractivity contribution is -0.117. The Bertz CT molecular complexity index is 625. The van der Waals surface area contributed by atoms with E-state index in [0.29, 0.717) is 18.4 Å². The third kappa shape index (κ3) is 4.74. The fourth-order valence-corrected chi connectivity index (χ4v) is 5.09. The number of nitrogens with zero attached hydrogens (tertiary/aromatic N) is 4. The van der Waals surface area contributed by atoms with Crippen LogP contribution in [-0.2, 0) is 4.79 Å². The van der Waals surface area contributed by atoms with Gasteiger partial charge >= 0.3 is 0 Å². The largest absolute Gasteiger partial charge is 0.395 e. The van der Waals surface area contributed by atoms with Crippen molar-refractivity contribution in [3.8, 4) is 0 Å². The topological polar surface area (TPSA) is 50.3 Å². The first-order valence-corrected chi connectivity index (χ1v) is 10.9. The summed E-state index contributed by atoms with van der Waals surface area (Å²) in [6.45, 7) is 9.72. The Morgan fingerprint density at radius 1 is 0.929 bits per heavy atom. The van der Waals surface area contributed by atoms with Crippen LogP contribution in [0.5, 0.6) is 0 Å². The van der Waals surface area contributed by atoms with Gasteiger partial charge < -0.3 is 14.9 Å². The number of carbonyl (C=O) groups is 1. The fraction of sp³-hybridized carbons (Fsp3) is 0.682. The molecule has 4 rings (SSSR count). The van der Waals surface area contributed by atoms with Crippen molar-refractivity contribution in [2.75, 3.05) is 70.4 Å². The number of piperidine rings is 1. The van der Waals surface area contributed by atoms with Gasteiger partial charge in [-0.15, -0.1) is 0 Å². The highest BCUT2D eigenvalue weighted by Gasteiger charge is 2.33. The van der Waals surface area contributed by atoms with Crippen LogP contribution in [0.4, 0.5) is 5.69 Å². The smallest absolute Gasteiger partial charge is 0.227 e. The molecule has 3 heterocycles. The van der Waals surface area contributed by atoms with Gasteiger partial charge in [0.25, 0.3) is 0 Å². The number of hydrogen-bond acceptors (Lipinski definition) is 5. The molecule has 0 radical (unpaired) electrons. The quantitative estimate of drug-likeness (QED) is 0.794. The van der Waals surface area contributed by atoms with Crippen LogP contribution < -0.4 is 4.90 Å². The second-order valence-corrected chi connectivity index (χ2v) is 8.54. The SMILES string of the molecule is O=C1C[C@@H](CN2CCC(N3CCN(CCO)CC3)CC2)CN1c1ccccc1. The van der Waals surface area contributed by atoms with E-state index in [4.69, 9.17) is 5.11 Å². The van der Waals surface area contributed by atoms with E-state index in [1.54, 1.807) is 0 Å². The Hall–Kier alpha value is -1.47. The van der Waals surface area contributed by atoms with E-state index in [2.05, 4.69) is 14.7 Å². The average molecular weight is 387 g/mol. The second-order valence-electron chi connectivity index (χ2n) is 8.54. The van der Waals surface area contributed by atoms with Crippen molar-refractivity contribution in [1.82, 2.24) is 14.7 Å². The molecule has 6 heteroatoms. The van der Waals surface area contributed by atoms with E-state index >= 15 is 0 Å². The summed E-state index contributed by atoms with van der Waals surface area (Å²) in [4.78, 5) is 22.0. The maximum absolute atomic E-state index is 12.4. The first-order valence-electron chi connectivity index (χ1n) is 10.9. The van der Waals surface area contributed by atoms with Gasteiger partial charge in [0.1, 0.15) is 0 Å². The van der Waals surface area contributed by atoms with Crippen molar-refractivity contribution in [2.24, 2.45) is 5.92 Å². The number of hydrogen-bond donors (Lipinski definition) is 1. The minimum Gasteiger partial charge on any atom is -0.395 e. The summed E-state index contributed by atoms with van der Waals surface area (Å²) in [6.07, 6.45) is 3.16. The lowest BCUT2D eigenvalue weighted by Crippen LogP contribution is -2.53. The Morgan fingerprint density at radius 2 is 1.64 bits per heavy atom. The highest BCUT2D eigenvalue weighted by Crippen LogP contribution is 2.27. The van der Waals surface area contributed by atoms with Crippen molar-refractivity contribution < 1.29 is 9.90 Å². The molecule has 28 heavy (non-hydrogen) atoms. The van der Waals surface area contributed by atoms with Crippen LogP contribution in [0, 0.1) is 5.92 Å².